The molecule has 0 spiro atoms. The third-order valence-electron chi connectivity index (χ3n) is 11.2. The molecule has 0 saturated heterocycles. The summed E-state index contributed by atoms with van der Waals surface area (Å²) in [6.45, 7) is 10.1. The topological polar surface area (TPSA) is 159 Å². The number of carboxylic acid groups (broad SMARTS) is 2. The van der Waals surface area contributed by atoms with Crippen molar-refractivity contribution in [2.75, 3.05) is 6.61 Å². The minimum atomic E-state index is -3.16. The number of rotatable bonds is 9. The van der Waals surface area contributed by atoms with Gasteiger partial charge in [-0.1, -0.05) is 54.6 Å². The molecule has 12 heteroatoms. The largest absolute Gasteiger partial charge is 0.493 e. The van der Waals surface area contributed by atoms with E-state index in [1.54, 1.807) is 127 Å². The summed E-state index contributed by atoms with van der Waals surface area (Å²) in [7, 11) is 2.82. The zero-order valence-corrected chi connectivity index (χ0v) is 35.3. The van der Waals surface area contributed by atoms with E-state index in [2.05, 4.69) is 4.98 Å². The van der Waals surface area contributed by atoms with E-state index < -0.39 is 45.5 Å². The average molecular weight is 822 g/mol. The second kappa shape index (κ2) is 14.5. The Hall–Kier alpha value is -6.63. The van der Waals surface area contributed by atoms with Crippen molar-refractivity contribution in [3.63, 3.8) is 0 Å². The molecule has 1 aliphatic heterocycles. The number of nitrogens with zero attached hydrogens (tertiary/aromatic N) is 3. The van der Waals surface area contributed by atoms with E-state index in [4.69, 9.17) is 14.2 Å². The van der Waals surface area contributed by atoms with Gasteiger partial charge in [0.05, 0.1) is 34.7 Å². The Morgan fingerprint density at radius 2 is 1.11 bits per heavy atom. The summed E-state index contributed by atoms with van der Waals surface area (Å²) in [6.07, 6.45) is 2.23. The molecule has 0 aliphatic carbocycles. The molecule has 2 atom stereocenters. The second-order valence-electron chi connectivity index (χ2n) is 17.5. The lowest BCUT2D eigenvalue weighted by molar-refractivity contribution is -0.283. The van der Waals surface area contributed by atoms with Crippen molar-refractivity contribution in [3.8, 4) is 28.0 Å². The number of carboxylic acids is 2. The summed E-state index contributed by atoms with van der Waals surface area (Å²) in [6, 6.07) is 27.9. The molecule has 4 heterocycles. The Bertz CT molecular complexity index is 3080. The summed E-state index contributed by atoms with van der Waals surface area (Å²) >= 11 is 0. The van der Waals surface area contributed by atoms with Crippen LogP contribution in [0, 0.1) is 0 Å². The van der Waals surface area contributed by atoms with Crippen molar-refractivity contribution in [3.05, 3.63) is 141 Å². The smallest absolute Gasteiger partial charge is 0.346 e. The van der Waals surface area contributed by atoms with Crippen LogP contribution >= 0.6 is 0 Å². The summed E-state index contributed by atoms with van der Waals surface area (Å²) in [4.78, 5) is 64.7. The molecule has 4 aromatic carbocycles. The van der Waals surface area contributed by atoms with E-state index >= 15 is 9.59 Å². The summed E-state index contributed by atoms with van der Waals surface area (Å²) in [5.74, 6) is -2.90. The predicted molar refractivity (Wildman–Crippen MR) is 234 cm³/mol. The number of hydrogen-bond acceptors (Lipinski definition) is 8. The molecule has 61 heavy (non-hydrogen) atoms. The van der Waals surface area contributed by atoms with Gasteiger partial charge < -0.3 is 33.6 Å². The molecule has 8 rings (SSSR count). The molecule has 0 saturated carbocycles. The van der Waals surface area contributed by atoms with Gasteiger partial charge in [0.2, 0.25) is 0 Å². The van der Waals surface area contributed by atoms with Crippen molar-refractivity contribution in [1.29, 1.82) is 0 Å². The molecule has 0 radical (unpaired) electrons. The highest BCUT2D eigenvalue weighted by molar-refractivity contribution is 6.05. The lowest BCUT2D eigenvalue weighted by Gasteiger charge is -2.51. The van der Waals surface area contributed by atoms with Crippen molar-refractivity contribution in [2.24, 2.45) is 14.1 Å². The lowest BCUT2D eigenvalue weighted by atomic mass is 9.70. The first-order valence-corrected chi connectivity index (χ1v) is 20.0. The van der Waals surface area contributed by atoms with Crippen LogP contribution in [0.25, 0.3) is 54.7 Å². The van der Waals surface area contributed by atoms with Crippen LogP contribution in [-0.2, 0) is 50.8 Å². The van der Waals surface area contributed by atoms with E-state index in [-0.39, 0.29) is 33.3 Å². The Kier molecular flexibility index (Phi) is 9.79. The van der Waals surface area contributed by atoms with Crippen molar-refractivity contribution < 1.29 is 34.0 Å². The highest BCUT2D eigenvalue weighted by Crippen LogP contribution is 2.56. The molecule has 12 nitrogen and oxygen atoms in total. The first-order valence-electron chi connectivity index (χ1n) is 20.0. The molecule has 0 amide bonds. The maximum absolute atomic E-state index is 15.3. The molecule has 1 aliphatic rings. The molecular weight excluding hydrogens is 775 g/mol. The fraction of sp³-hybridized carbons (Fsp3) is 0.286. The third kappa shape index (κ3) is 6.48. The SMILES string of the molecule is Cn1c(C(OC(C)(C)C)(C(=O)O)C(OC(C)(C)C)(C(=O)O)c2c(-c3ccc4ncccc4c3)c3ccccc3c(=O)n2C)c(-c2ccc3c(c2)CCO3)c2ccccc2c1=O. The van der Waals surface area contributed by atoms with E-state index in [1.165, 1.54) is 14.1 Å². The number of ether oxygens (including phenoxy) is 3. The molecular formula is C49H47N3O9. The quantitative estimate of drug-likeness (QED) is 0.146. The maximum atomic E-state index is 15.3. The normalized spacial score (nSPS) is 15.0. The monoisotopic (exact) mass is 821 g/mol. The van der Waals surface area contributed by atoms with Gasteiger partial charge in [-0.05, 0) is 111 Å². The minimum absolute atomic E-state index is 0.209. The highest BCUT2D eigenvalue weighted by atomic mass is 16.6. The fourth-order valence-corrected chi connectivity index (χ4v) is 9.00. The number of aliphatic carboxylic acids is 2. The highest BCUT2D eigenvalue weighted by Gasteiger charge is 2.72. The van der Waals surface area contributed by atoms with Crippen LogP contribution in [0.5, 0.6) is 5.75 Å². The van der Waals surface area contributed by atoms with Gasteiger partial charge in [0.15, 0.2) is 0 Å². The first-order chi connectivity index (χ1) is 28.8. The van der Waals surface area contributed by atoms with Gasteiger partial charge in [0.1, 0.15) is 5.75 Å². The summed E-state index contributed by atoms with van der Waals surface area (Å²) in [5, 5.41) is 26.7. The van der Waals surface area contributed by atoms with Crippen LogP contribution in [0.15, 0.2) is 113 Å². The molecule has 0 fully saturated rings. The number of benzene rings is 4. The van der Waals surface area contributed by atoms with Crippen molar-refractivity contribution >= 4 is 44.4 Å². The van der Waals surface area contributed by atoms with E-state index in [0.29, 0.717) is 51.6 Å². The third-order valence-corrected chi connectivity index (χ3v) is 11.2. The van der Waals surface area contributed by atoms with Crippen LogP contribution < -0.4 is 15.9 Å². The average Bonchev–Trinajstić information content (AvgIpc) is 3.69. The molecule has 2 unspecified atom stereocenters. The van der Waals surface area contributed by atoms with Crippen LogP contribution in [0.4, 0.5) is 0 Å². The Morgan fingerprint density at radius 3 is 1.61 bits per heavy atom. The number of pyridine rings is 3. The van der Waals surface area contributed by atoms with E-state index in [0.717, 1.165) is 14.7 Å². The predicted octanol–water partition coefficient (Wildman–Crippen LogP) is 8.10. The van der Waals surface area contributed by atoms with Gasteiger partial charge in [-0.15, -0.1) is 0 Å². The van der Waals surface area contributed by atoms with Gasteiger partial charge in [0, 0.05) is 54.0 Å². The van der Waals surface area contributed by atoms with Crippen LogP contribution in [0.2, 0.25) is 0 Å². The van der Waals surface area contributed by atoms with E-state index in [9.17, 15) is 19.8 Å². The molecule has 2 N–H and O–H groups in total. The Balaban J connectivity index is 1.69. The Morgan fingerprint density at radius 1 is 0.639 bits per heavy atom. The molecule has 7 aromatic rings. The van der Waals surface area contributed by atoms with Crippen molar-refractivity contribution in [1.82, 2.24) is 14.1 Å². The Labute approximate surface area is 351 Å². The number of hydrogen-bond donors (Lipinski definition) is 2. The zero-order chi connectivity index (χ0) is 43.8. The van der Waals surface area contributed by atoms with Gasteiger partial charge >= 0.3 is 11.9 Å². The van der Waals surface area contributed by atoms with Gasteiger partial charge in [-0.25, -0.2) is 9.59 Å². The van der Waals surface area contributed by atoms with Gasteiger partial charge in [0.25, 0.3) is 22.3 Å². The van der Waals surface area contributed by atoms with Gasteiger partial charge in [-0.3, -0.25) is 14.6 Å². The molecule has 3 aromatic heterocycles. The fourth-order valence-electron chi connectivity index (χ4n) is 9.00. The number of carbonyl (C=O) groups is 2. The van der Waals surface area contributed by atoms with E-state index in [1.807, 2.05) is 18.2 Å². The van der Waals surface area contributed by atoms with Crippen LogP contribution in [0.3, 0.4) is 0 Å². The summed E-state index contributed by atoms with van der Waals surface area (Å²) in [5.41, 5.74) is -8.19. The number of aromatic nitrogens is 3. The zero-order valence-electron chi connectivity index (χ0n) is 35.3. The molecule has 0 bridgehead atoms. The van der Waals surface area contributed by atoms with Gasteiger partial charge in [-0.2, -0.15) is 0 Å². The number of fused-ring (bicyclic) bond motifs is 4. The second-order valence-corrected chi connectivity index (χ2v) is 17.5. The molecule has 312 valence electrons. The van der Waals surface area contributed by atoms with Crippen LogP contribution in [0.1, 0.15) is 58.5 Å². The van der Waals surface area contributed by atoms with Crippen LogP contribution in [-0.4, -0.2) is 54.1 Å². The standard InChI is InChI=1S/C49H47N3O9/c1-46(2,3)60-48(44(55)56,40-38(30-19-21-36-28(26-30)14-13-24-50-36)32-15-9-11-17-34(32)42(53)51(40)7)49(45(57)58,61-47(4,5)6)41-39(31-20-22-37-29(27-31)23-25-59-37)33-16-10-12-18-35(33)43(54)52(41)8/h9-22,24,26-27H,23,25H2,1-8H3,(H,55,56)(H,57,58). The minimum Gasteiger partial charge on any atom is -0.493 e. The summed E-state index contributed by atoms with van der Waals surface area (Å²) < 4.78 is 22.2. The van der Waals surface area contributed by atoms with Crippen molar-refractivity contribution in [2.45, 2.75) is 70.4 Å². The maximum Gasteiger partial charge on any atom is 0.346 e. The lowest BCUT2D eigenvalue weighted by Crippen LogP contribution is -2.67. The first kappa shape index (κ1) is 41.1.